The average molecular weight is 403 g/mol. The van der Waals surface area contributed by atoms with Crippen molar-refractivity contribution < 1.29 is 4.74 Å². The molecule has 3 nitrogen and oxygen atoms in total. The molecule has 0 aliphatic rings. The maximum atomic E-state index is 5.58. The Morgan fingerprint density at radius 1 is 1.53 bits per heavy atom. The third kappa shape index (κ3) is 5.46. The van der Waals surface area contributed by atoms with Crippen molar-refractivity contribution in [1.82, 2.24) is 9.78 Å². The summed E-state index contributed by atoms with van der Waals surface area (Å²) < 4.78 is 9.39. The first-order valence-electron chi connectivity index (χ1n) is 4.85. The van der Waals surface area contributed by atoms with E-state index in [1.807, 2.05) is 10.9 Å². The summed E-state index contributed by atoms with van der Waals surface area (Å²) >= 11 is 5.61. The van der Waals surface area contributed by atoms with E-state index in [1.54, 1.807) is 0 Å². The highest BCUT2D eigenvalue weighted by Gasteiger charge is 2.12. The van der Waals surface area contributed by atoms with Gasteiger partial charge in [0.2, 0.25) is 0 Å². The van der Waals surface area contributed by atoms with Gasteiger partial charge in [-0.05, 0) is 44.6 Å². The molecule has 0 radical (unpaired) electrons. The van der Waals surface area contributed by atoms with Gasteiger partial charge in [0.1, 0.15) is 11.3 Å². The van der Waals surface area contributed by atoms with E-state index < -0.39 is 8.07 Å². The number of halogens is 2. The molecule has 0 aliphatic heterocycles. The van der Waals surface area contributed by atoms with Crippen LogP contribution in [0.15, 0.2) is 10.8 Å². The molecule has 0 aliphatic carbocycles. The highest BCUT2D eigenvalue weighted by Crippen LogP contribution is 2.16. The Morgan fingerprint density at radius 2 is 2.20 bits per heavy atom. The fourth-order valence-electron chi connectivity index (χ4n) is 0.976. The molecule has 0 amide bonds. The van der Waals surface area contributed by atoms with Crippen molar-refractivity contribution in [1.29, 1.82) is 0 Å². The molecule has 0 bridgehead atoms. The first-order valence-corrected chi connectivity index (χ1v) is 10.4. The van der Waals surface area contributed by atoms with Gasteiger partial charge in [0.25, 0.3) is 0 Å². The zero-order valence-corrected chi connectivity index (χ0v) is 14.0. The second kappa shape index (κ2) is 5.79. The topological polar surface area (TPSA) is 27.1 Å². The van der Waals surface area contributed by atoms with Crippen LogP contribution < -0.4 is 0 Å². The molecule has 0 saturated carbocycles. The second-order valence-corrected chi connectivity index (χ2v) is 12.2. The lowest BCUT2D eigenvalue weighted by Gasteiger charge is -2.15. The number of nitrogens with zero attached hydrogens (tertiary/aromatic N) is 2. The van der Waals surface area contributed by atoms with E-state index in [-0.39, 0.29) is 0 Å². The fourth-order valence-corrected chi connectivity index (χ4v) is 2.47. The molecule has 0 aromatic carbocycles. The summed E-state index contributed by atoms with van der Waals surface area (Å²) in [6.07, 6.45) is 1.97. The molecular weight excluding hydrogens is 387 g/mol. The van der Waals surface area contributed by atoms with E-state index in [0.717, 1.165) is 14.8 Å². The summed E-state index contributed by atoms with van der Waals surface area (Å²) in [5, 5.41) is 4.26. The molecular formula is C9H16BrIN2OSi. The van der Waals surface area contributed by atoms with Crippen LogP contribution in [0.4, 0.5) is 0 Å². The number of rotatable bonds is 5. The van der Waals surface area contributed by atoms with Crippen molar-refractivity contribution in [3.05, 3.63) is 14.4 Å². The second-order valence-electron chi connectivity index (χ2n) is 4.66. The van der Waals surface area contributed by atoms with Crippen LogP contribution >= 0.6 is 38.5 Å². The number of hydrogen-bond donors (Lipinski definition) is 0. The quantitative estimate of drug-likeness (QED) is 0.427. The summed E-state index contributed by atoms with van der Waals surface area (Å²) in [6, 6.07) is 1.20. The van der Waals surface area contributed by atoms with Crippen molar-refractivity contribution in [2.24, 2.45) is 0 Å². The molecule has 0 atom stereocenters. The van der Waals surface area contributed by atoms with Crippen molar-refractivity contribution in [2.45, 2.75) is 32.4 Å². The minimum absolute atomic E-state index is 0.548. The number of aromatic nitrogens is 2. The lowest BCUT2D eigenvalue weighted by Crippen LogP contribution is -2.22. The van der Waals surface area contributed by atoms with Gasteiger partial charge in [-0.1, -0.05) is 19.6 Å². The molecule has 0 N–H and O–H groups in total. The van der Waals surface area contributed by atoms with Gasteiger partial charge < -0.3 is 4.74 Å². The van der Waals surface area contributed by atoms with Crippen molar-refractivity contribution in [2.75, 3.05) is 6.61 Å². The van der Waals surface area contributed by atoms with E-state index in [9.17, 15) is 0 Å². The first kappa shape index (κ1) is 13.7. The largest absolute Gasteiger partial charge is 0.360 e. The first-order chi connectivity index (χ1) is 6.88. The Hall–Kier alpha value is 0.597. The van der Waals surface area contributed by atoms with Crippen LogP contribution in [0.5, 0.6) is 0 Å². The van der Waals surface area contributed by atoms with Gasteiger partial charge >= 0.3 is 0 Å². The van der Waals surface area contributed by atoms with E-state index in [4.69, 9.17) is 4.74 Å². The van der Waals surface area contributed by atoms with Crippen molar-refractivity contribution in [3.8, 4) is 0 Å². The Morgan fingerprint density at radius 3 is 2.67 bits per heavy atom. The molecule has 15 heavy (non-hydrogen) atoms. The minimum Gasteiger partial charge on any atom is -0.360 e. The van der Waals surface area contributed by atoms with Gasteiger partial charge in [-0.2, -0.15) is 5.10 Å². The van der Waals surface area contributed by atoms with Crippen LogP contribution in [0.3, 0.4) is 0 Å². The van der Waals surface area contributed by atoms with Gasteiger partial charge in [0.15, 0.2) is 0 Å². The zero-order valence-electron chi connectivity index (χ0n) is 9.26. The fraction of sp³-hybridized carbons (Fsp3) is 0.667. The average Bonchev–Trinajstić information content (AvgIpc) is 2.39. The van der Waals surface area contributed by atoms with Gasteiger partial charge in [-0.3, -0.25) is 0 Å². The van der Waals surface area contributed by atoms with E-state index in [1.165, 1.54) is 6.04 Å². The van der Waals surface area contributed by atoms with Gasteiger partial charge in [0, 0.05) is 20.9 Å². The Kier molecular flexibility index (Phi) is 5.27. The molecule has 0 unspecified atom stereocenters. The van der Waals surface area contributed by atoms with E-state index in [0.29, 0.717) is 6.73 Å². The van der Waals surface area contributed by atoms with Crippen LogP contribution in [0.2, 0.25) is 25.7 Å². The lowest BCUT2D eigenvalue weighted by atomic mass is 10.7. The van der Waals surface area contributed by atoms with Crippen LogP contribution in [-0.2, 0) is 11.5 Å². The Labute approximate surface area is 114 Å². The zero-order chi connectivity index (χ0) is 11.5. The third-order valence-corrected chi connectivity index (χ3v) is 5.72. The number of ether oxygens (including phenoxy) is 1. The smallest absolute Gasteiger partial charge is 0.141 e. The molecule has 1 aromatic heterocycles. The molecule has 1 rings (SSSR count). The maximum absolute atomic E-state index is 5.58. The van der Waals surface area contributed by atoms with E-state index >= 15 is 0 Å². The molecule has 0 fully saturated rings. The summed E-state index contributed by atoms with van der Waals surface area (Å²) in [5.41, 5.74) is 0. The molecule has 0 saturated heterocycles. The van der Waals surface area contributed by atoms with E-state index in [2.05, 4.69) is 63.3 Å². The van der Waals surface area contributed by atoms with Gasteiger partial charge in [-0.25, -0.2) is 4.68 Å². The molecule has 0 spiro atoms. The normalized spacial score (nSPS) is 12.1. The minimum atomic E-state index is -0.967. The summed E-state index contributed by atoms with van der Waals surface area (Å²) in [6.45, 7) is 8.44. The Balaban J connectivity index is 2.26. The van der Waals surface area contributed by atoms with Crippen molar-refractivity contribution in [3.63, 3.8) is 0 Å². The SMILES string of the molecule is C[Si](C)(C)CCOCn1cc(I)c(Br)n1. The summed E-state index contributed by atoms with van der Waals surface area (Å²) in [4.78, 5) is 0. The van der Waals surface area contributed by atoms with Gasteiger partial charge in [0.05, 0.1) is 3.57 Å². The molecule has 1 heterocycles. The van der Waals surface area contributed by atoms with Crippen molar-refractivity contribution >= 4 is 46.6 Å². The predicted octanol–water partition coefficient (Wildman–Crippen LogP) is 3.56. The summed E-state index contributed by atoms with van der Waals surface area (Å²) in [7, 11) is -0.967. The molecule has 1 aromatic rings. The third-order valence-electron chi connectivity index (χ3n) is 1.90. The highest BCUT2D eigenvalue weighted by molar-refractivity contribution is 14.1. The maximum Gasteiger partial charge on any atom is 0.141 e. The van der Waals surface area contributed by atoms with Crippen LogP contribution in [0, 0.1) is 3.57 Å². The predicted molar refractivity (Wildman–Crippen MR) is 76.7 cm³/mol. The monoisotopic (exact) mass is 402 g/mol. The summed E-state index contributed by atoms with van der Waals surface area (Å²) in [5.74, 6) is 0. The van der Waals surface area contributed by atoms with Gasteiger partial charge in [-0.15, -0.1) is 0 Å². The van der Waals surface area contributed by atoms with Crippen LogP contribution in [-0.4, -0.2) is 24.5 Å². The highest BCUT2D eigenvalue weighted by atomic mass is 127. The number of hydrogen-bond acceptors (Lipinski definition) is 2. The molecule has 86 valence electrons. The van der Waals surface area contributed by atoms with Crippen LogP contribution in [0.1, 0.15) is 0 Å². The van der Waals surface area contributed by atoms with Crippen LogP contribution in [0.25, 0.3) is 0 Å². The standard InChI is InChI=1S/C9H16BrIN2OSi/c1-15(2,3)5-4-14-7-13-6-8(11)9(10)12-13/h6H,4-5,7H2,1-3H3. The molecule has 6 heteroatoms. The lowest BCUT2D eigenvalue weighted by molar-refractivity contribution is 0.0783. The Bertz CT molecular complexity index is 305.